The third-order valence-electron chi connectivity index (χ3n) is 3.69. The van der Waals surface area contributed by atoms with Crippen molar-refractivity contribution >= 4 is 45.8 Å². The summed E-state index contributed by atoms with van der Waals surface area (Å²) in [6.07, 6.45) is 0. The van der Waals surface area contributed by atoms with Gasteiger partial charge in [0, 0.05) is 21.5 Å². The molecule has 0 amide bonds. The molecule has 1 atom stereocenters. The zero-order valence-electron chi connectivity index (χ0n) is 12.3. The number of benzene rings is 1. The highest BCUT2D eigenvalue weighted by molar-refractivity contribution is 7.08. The largest absolute Gasteiger partial charge is 0.481 e. The fourth-order valence-corrected chi connectivity index (χ4v) is 3.27. The topological polar surface area (TPSA) is 95.9 Å². The molecule has 0 saturated heterocycles. The number of carboxylic acids is 1. The lowest BCUT2D eigenvalue weighted by molar-refractivity contribution is -0.138. The van der Waals surface area contributed by atoms with E-state index in [9.17, 15) is 14.7 Å². The minimum absolute atomic E-state index is 0.242. The van der Waals surface area contributed by atoms with Crippen LogP contribution in [0.4, 0.5) is 0 Å². The fourth-order valence-electron chi connectivity index (χ4n) is 2.49. The number of carboxylic acid groups (broad SMARTS) is 1. The maximum absolute atomic E-state index is 12.8. The number of carbonyl (C=O) groups is 2. The van der Waals surface area contributed by atoms with Crippen molar-refractivity contribution in [3.8, 4) is 0 Å². The van der Waals surface area contributed by atoms with E-state index in [1.807, 2.05) is 0 Å². The predicted octanol–water partition coefficient (Wildman–Crippen LogP) is 3.40. The predicted molar refractivity (Wildman–Crippen MR) is 87.4 cm³/mol. The van der Waals surface area contributed by atoms with Crippen molar-refractivity contribution in [2.75, 3.05) is 0 Å². The molecule has 118 valence electrons. The lowest BCUT2D eigenvalue weighted by Gasteiger charge is -2.08. The minimum Gasteiger partial charge on any atom is -0.481 e. The summed E-state index contributed by atoms with van der Waals surface area (Å²) in [6.45, 7) is 3.23. The van der Waals surface area contributed by atoms with Crippen LogP contribution in [0.2, 0.25) is 5.02 Å². The molecule has 6 nitrogen and oxygen atoms in total. The third kappa shape index (κ3) is 2.62. The molecule has 1 aromatic carbocycles. The maximum Gasteiger partial charge on any atom is 0.310 e. The molecule has 3 rings (SSSR count). The number of nitrogens with zero attached hydrogens (tertiary/aromatic N) is 2. The number of nitrogens with one attached hydrogen (secondary N) is 1. The molecule has 0 spiro atoms. The van der Waals surface area contributed by atoms with Crippen LogP contribution >= 0.6 is 23.1 Å². The SMILES string of the molecule is Cc1nnsc1C(=O)c1[nH]c2ccc(Cl)cc2c1C(C)C(=O)O. The summed E-state index contributed by atoms with van der Waals surface area (Å²) in [5.41, 5.74) is 1.85. The molecule has 8 heteroatoms. The van der Waals surface area contributed by atoms with Crippen LogP contribution < -0.4 is 0 Å². The average Bonchev–Trinajstić information content (AvgIpc) is 3.08. The third-order valence-corrected chi connectivity index (χ3v) is 4.75. The van der Waals surface area contributed by atoms with E-state index in [2.05, 4.69) is 14.6 Å². The van der Waals surface area contributed by atoms with Gasteiger partial charge in [-0.15, -0.1) is 5.10 Å². The summed E-state index contributed by atoms with van der Waals surface area (Å²) in [6, 6.07) is 5.07. The van der Waals surface area contributed by atoms with Crippen molar-refractivity contribution in [2.45, 2.75) is 19.8 Å². The molecule has 1 unspecified atom stereocenters. The highest BCUT2D eigenvalue weighted by Gasteiger charge is 2.28. The number of carbonyl (C=O) groups excluding carboxylic acids is 1. The minimum atomic E-state index is -1.01. The van der Waals surface area contributed by atoms with E-state index in [1.54, 1.807) is 32.0 Å². The number of rotatable bonds is 4. The summed E-state index contributed by atoms with van der Waals surface area (Å²) < 4.78 is 3.77. The molecular weight excluding hydrogens is 338 g/mol. The zero-order valence-corrected chi connectivity index (χ0v) is 13.8. The van der Waals surface area contributed by atoms with Crippen LogP contribution in [0.5, 0.6) is 0 Å². The van der Waals surface area contributed by atoms with E-state index in [0.717, 1.165) is 11.5 Å². The highest BCUT2D eigenvalue weighted by Crippen LogP contribution is 2.33. The molecular formula is C15H12ClN3O3S. The van der Waals surface area contributed by atoms with Crippen LogP contribution in [0.1, 0.15) is 39.5 Å². The van der Waals surface area contributed by atoms with E-state index in [0.29, 0.717) is 32.1 Å². The van der Waals surface area contributed by atoms with Gasteiger partial charge in [-0.3, -0.25) is 9.59 Å². The van der Waals surface area contributed by atoms with E-state index >= 15 is 0 Å². The summed E-state index contributed by atoms with van der Waals surface area (Å²) >= 11 is 7.01. The van der Waals surface area contributed by atoms with Crippen LogP contribution in [0, 0.1) is 6.92 Å². The van der Waals surface area contributed by atoms with Crippen molar-refractivity contribution in [2.24, 2.45) is 0 Å². The van der Waals surface area contributed by atoms with Crippen LogP contribution in [-0.2, 0) is 4.79 Å². The Labute approximate surface area is 140 Å². The van der Waals surface area contributed by atoms with Gasteiger partial charge in [-0.25, -0.2) is 0 Å². The zero-order chi connectivity index (χ0) is 16.7. The van der Waals surface area contributed by atoms with Gasteiger partial charge in [-0.2, -0.15) is 0 Å². The van der Waals surface area contributed by atoms with Gasteiger partial charge in [0.15, 0.2) is 0 Å². The molecule has 0 aliphatic heterocycles. The standard InChI is InChI=1S/C15H12ClN3O3S/c1-6(15(21)22)11-9-5-8(16)3-4-10(9)17-12(11)13(20)14-7(2)18-19-23-14/h3-6,17H,1-2H3,(H,21,22). The van der Waals surface area contributed by atoms with Gasteiger partial charge < -0.3 is 10.1 Å². The summed E-state index contributed by atoms with van der Waals surface area (Å²) in [7, 11) is 0. The van der Waals surface area contributed by atoms with Crippen molar-refractivity contribution in [1.82, 2.24) is 14.6 Å². The number of H-pyrrole nitrogens is 1. The van der Waals surface area contributed by atoms with E-state index in [4.69, 9.17) is 11.6 Å². The number of aliphatic carboxylic acids is 1. The molecule has 2 aromatic heterocycles. The van der Waals surface area contributed by atoms with Gasteiger partial charge in [0.2, 0.25) is 5.78 Å². The number of halogens is 1. The molecule has 23 heavy (non-hydrogen) atoms. The van der Waals surface area contributed by atoms with Gasteiger partial charge in [0.05, 0.1) is 17.3 Å². The molecule has 2 heterocycles. The average molecular weight is 350 g/mol. The quantitative estimate of drug-likeness (QED) is 0.704. The first-order chi connectivity index (χ1) is 10.9. The number of fused-ring (bicyclic) bond motifs is 1. The van der Waals surface area contributed by atoms with E-state index in [-0.39, 0.29) is 11.5 Å². The van der Waals surface area contributed by atoms with Gasteiger partial charge in [0.1, 0.15) is 4.88 Å². The molecule has 2 N–H and O–H groups in total. The van der Waals surface area contributed by atoms with E-state index < -0.39 is 11.9 Å². The van der Waals surface area contributed by atoms with Crippen LogP contribution in [0.25, 0.3) is 10.9 Å². The Hall–Kier alpha value is -2.25. The Bertz CT molecular complexity index is 931. The Balaban J connectivity index is 2.27. The normalized spacial score (nSPS) is 12.5. The van der Waals surface area contributed by atoms with Crippen molar-refractivity contribution < 1.29 is 14.7 Å². The first kappa shape index (κ1) is 15.6. The summed E-state index contributed by atoms with van der Waals surface area (Å²) in [4.78, 5) is 27.7. The molecule has 3 aromatic rings. The molecule has 0 aliphatic carbocycles. The smallest absolute Gasteiger partial charge is 0.310 e. The lowest BCUT2D eigenvalue weighted by atomic mass is 9.95. The Morgan fingerprint density at radius 1 is 1.39 bits per heavy atom. The second-order valence-corrected chi connectivity index (χ2v) is 6.37. The van der Waals surface area contributed by atoms with Gasteiger partial charge in [-0.05, 0) is 43.6 Å². The van der Waals surface area contributed by atoms with Gasteiger partial charge >= 0.3 is 5.97 Å². The molecule has 0 saturated carbocycles. The number of ketones is 1. The molecule has 0 aliphatic rings. The fraction of sp³-hybridized carbons (Fsp3) is 0.200. The lowest BCUT2D eigenvalue weighted by Crippen LogP contribution is -2.12. The van der Waals surface area contributed by atoms with Crippen LogP contribution in [-0.4, -0.2) is 31.4 Å². The number of aromatic nitrogens is 3. The first-order valence-corrected chi connectivity index (χ1v) is 7.93. The first-order valence-electron chi connectivity index (χ1n) is 6.77. The Morgan fingerprint density at radius 3 is 2.74 bits per heavy atom. The van der Waals surface area contributed by atoms with Crippen LogP contribution in [0.15, 0.2) is 18.2 Å². The number of aromatic amines is 1. The van der Waals surface area contributed by atoms with Crippen molar-refractivity contribution in [3.63, 3.8) is 0 Å². The number of hydrogen-bond acceptors (Lipinski definition) is 5. The summed E-state index contributed by atoms with van der Waals surface area (Å²) in [5, 5.41) is 14.3. The van der Waals surface area contributed by atoms with Crippen molar-refractivity contribution in [1.29, 1.82) is 0 Å². The van der Waals surface area contributed by atoms with E-state index in [1.165, 1.54) is 0 Å². The Kier molecular flexibility index (Phi) is 3.91. The Morgan fingerprint density at radius 2 is 2.13 bits per heavy atom. The highest BCUT2D eigenvalue weighted by atomic mass is 35.5. The van der Waals surface area contributed by atoms with Crippen molar-refractivity contribution in [3.05, 3.63) is 45.1 Å². The van der Waals surface area contributed by atoms with Crippen LogP contribution in [0.3, 0.4) is 0 Å². The molecule has 0 radical (unpaired) electrons. The maximum atomic E-state index is 12.8. The van der Waals surface area contributed by atoms with Gasteiger partial charge in [-0.1, -0.05) is 16.1 Å². The number of hydrogen-bond donors (Lipinski definition) is 2. The van der Waals surface area contributed by atoms with Gasteiger partial charge in [0.25, 0.3) is 0 Å². The number of aryl methyl sites for hydroxylation is 1. The monoisotopic (exact) mass is 349 g/mol. The molecule has 0 fully saturated rings. The second-order valence-electron chi connectivity index (χ2n) is 5.18. The molecule has 0 bridgehead atoms. The second kappa shape index (κ2) is 5.75. The summed E-state index contributed by atoms with van der Waals surface area (Å²) in [5.74, 6) is -2.19.